The summed E-state index contributed by atoms with van der Waals surface area (Å²) in [6.07, 6.45) is -3.68. The first kappa shape index (κ1) is 19.7. The molecule has 0 fully saturated rings. The van der Waals surface area contributed by atoms with Crippen LogP contribution in [0.3, 0.4) is 0 Å². The molecule has 1 heterocycles. The van der Waals surface area contributed by atoms with Crippen LogP contribution in [0, 0.1) is 0 Å². The van der Waals surface area contributed by atoms with Gasteiger partial charge in [-0.15, -0.1) is 0 Å². The van der Waals surface area contributed by atoms with Crippen molar-refractivity contribution in [1.82, 2.24) is 5.32 Å². The number of halogens is 3. The van der Waals surface area contributed by atoms with Crippen molar-refractivity contribution in [2.24, 2.45) is 0 Å². The number of nitrogens with one attached hydrogen (secondary N) is 1. The van der Waals surface area contributed by atoms with Crippen molar-refractivity contribution in [2.75, 3.05) is 18.1 Å². The number of ether oxygens (including phenoxy) is 1. The third-order valence-corrected chi connectivity index (χ3v) is 4.40. The van der Waals surface area contributed by atoms with E-state index in [2.05, 4.69) is 10.1 Å². The summed E-state index contributed by atoms with van der Waals surface area (Å²) in [5.74, 6) is -0.180. The molecule has 1 aliphatic heterocycles. The SMILES string of the molecule is CC(=O)N1CCc2cc(C(=O)NCc3ccc(OCC(F)(F)F)cc3)ccc21. The van der Waals surface area contributed by atoms with E-state index in [1.807, 2.05) is 0 Å². The van der Waals surface area contributed by atoms with E-state index in [9.17, 15) is 22.8 Å². The van der Waals surface area contributed by atoms with Gasteiger partial charge in [-0.25, -0.2) is 0 Å². The molecule has 0 unspecified atom stereocenters. The summed E-state index contributed by atoms with van der Waals surface area (Å²) >= 11 is 0. The maximum absolute atomic E-state index is 12.4. The predicted octanol–water partition coefficient (Wildman–Crippen LogP) is 3.47. The number of benzene rings is 2. The summed E-state index contributed by atoms with van der Waals surface area (Å²) in [5.41, 5.74) is 3.01. The molecular weight excluding hydrogens is 373 g/mol. The Hall–Kier alpha value is -3.03. The molecule has 0 aliphatic carbocycles. The maximum atomic E-state index is 12.4. The van der Waals surface area contributed by atoms with Gasteiger partial charge in [-0.2, -0.15) is 13.2 Å². The number of fused-ring (bicyclic) bond motifs is 1. The molecular formula is C20H19F3N2O3. The Morgan fingerprint density at radius 3 is 2.50 bits per heavy atom. The minimum absolute atomic E-state index is 0.0291. The molecule has 1 N–H and O–H groups in total. The Bertz CT molecular complexity index is 879. The zero-order valence-corrected chi connectivity index (χ0v) is 15.2. The van der Waals surface area contributed by atoms with Crippen LogP contribution < -0.4 is 15.0 Å². The number of nitrogens with zero attached hydrogens (tertiary/aromatic N) is 1. The molecule has 8 heteroatoms. The fourth-order valence-corrected chi connectivity index (χ4v) is 3.02. The lowest BCUT2D eigenvalue weighted by Crippen LogP contribution is -2.26. The highest BCUT2D eigenvalue weighted by molar-refractivity contribution is 5.97. The van der Waals surface area contributed by atoms with Gasteiger partial charge in [0.15, 0.2) is 6.61 Å². The van der Waals surface area contributed by atoms with Crippen LogP contribution in [0.15, 0.2) is 42.5 Å². The number of carbonyl (C=O) groups is 2. The van der Waals surface area contributed by atoms with E-state index in [0.29, 0.717) is 18.5 Å². The monoisotopic (exact) mass is 392 g/mol. The van der Waals surface area contributed by atoms with E-state index in [1.165, 1.54) is 19.1 Å². The van der Waals surface area contributed by atoms with Gasteiger partial charge in [0.05, 0.1) is 0 Å². The molecule has 0 atom stereocenters. The van der Waals surface area contributed by atoms with E-state index in [4.69, 9.17) is 0 Å². The van der Waals surface area contributed by atoms with Crippen LogP contribution >= 0.6 is 0 Å². The van der Waals surface area contributed by atoms with Gasteiger partial charge in [-0.05, 0) is 47.9 Å². The Morgan fingerprint density at radius 2 is 1.86 bits per heavy atom. The first-order chi connectivity index (χ1) is 13.2. The molecule has 0 spiro atoms. The molecule has 5 nitrogen and oxygen atoms in total. The van der Waals surface area contributed by atoms with Crippen LogP contribution in [-0.2, 0) is 17.8 Å². The van der Waals surface area contributed by atoms with E-state index in [1.54, 1.807) is 35.2 Å². The average Bonchev–Trinajstić information content (AvgIpc) is 3.08. The lowest BCUT2D eigenvalue weighted by atomic mass is 10.1. The minimum atomic E-state index is -4.38. The number of rotatable bonds is 5. The zero-order valence-electron chi connectivity index (χ0n) is 15.2. The van der Waals surface area contributed by atoms with Crippen molar-refractivity contribution >= 4 is 17.5 Å². The molecule has 0 saturated carbocycles. The number of carbonyl (C=O) groups excluding carboxylic acids is 2. The third kappa shape index (κ3) is 4.82. The van der Waals surface area contributed by atoms with Gasteiger partial charge in [-0.3, -0.25) is 9.59 Å². The van der Waals surface area contributed by atoms with Crippen molar-refractivity contribution < 1.29 is 27.5 Å². The van der Waals surface area contributed by atoms with Gasteiger partial charge in [-0.1, -0.05) is 12.1 Å². The van der Waals surface area contributed by atoms with Crippen molar-refractivity contribution in [2.45, 2.75) is 26.1 Å². The summed E-state index contributed by atoms with van der Waals surface area (Å²) < 4.78 is 41.1. The molecule has 0 aromatic heterocycles. The fraction of sp³-hybridized carbons (Fsp3) is 0.300. The van der Waals surface area contributed by atoms with Crippen LogP contribution in [-0.4, -0.2) is 31.1 Å². The largest absolute Gasteiger partial charge is 0.484 e. The predicted molar refractivity (Wildman–Crippen MR) is 97.3 cm³/mol. The molecule has 1 aliphatic rings. The van der Waals surface area contributed by atoms with Crippen molar-refractivity contribution in [3.8, 4) is 5.75 Å². The number of anilines is 1. The Labute approximate surface area is 160 Å². The summed E-state index contributed by atoms with van der Waals surface area (Å²) in [6, 6.07) is 11.3. The highest BCUT2D eigenvalue weighted by Gasteiger charge is 2.28. The van der Waals surface area contributed by atoms with Crippen LogP contribution in [0.4, 0.5) is 18.9 Å². The molecule has 2 aromatic rings. The van der Waals surface area contributed by atoms with Crippen molar-refractivity contribution in [3.05, 3.63) is 59.2 Å². The summed E-state index contributed by atoms with van der Waals surface area (Å²) in [6.45, 7) is 1.01. The normalized spacial score (nSPS) is 13.2. The molecule has 2 amide bonds. The second-order valence-corrected chi connectivity index (χ2v) is 6.49. The van der Waals surface area contributed by atoms with E-state index in [0.717, 1.165) is 16.8 Å². The number of amides is 2. The zero-order chi connectivity index (χ0) is 20.3. The topological polar surface area (TPSA) is 58.6 Å². The first-order valence-corrected chi connectivity index (χ1v) is 8.71. The second kappa shape index (κ2) is 7.92. The Balaban J connectivity index is 1.57. The average molecular weight is 392 g/mol. The van der Waals surface area contributed by atoms with Crippen LogP contribution in [0.5, 0.6) is 5.75 Å². The number of alkyl halides is 3. The highest BCUT2D eigenvalue weighted by Crippen LogP contribution is 2.29. The quantitative estimate of drug-likeness (QED) is 0.848. The summed E-state index contributed by atoms with van der Waals surface area (Å²) in [7, 11) is 0. The molecule has 3 rings (SSSR count). The highest BCUT2D eigenvalue weighted by atomic mass is 19.4. The van der Waals surface area contributed by atoms with Crippen molar-refractivity contribution in [1.29, 1.82) is 0 Å². The lowest BCUT2D eigenvalue weighted by molar-refractivity contribution is -0.153. The third-order valence-electron chi connectivity index (χ3n) is 4.40. The van der Waals surface area contributed by atoms with E-state index in [-0.39, 0.29) is 24.1 Å². The van der Waals surface area contributed by atoms with Crippen molar-refractivity contribution in [3.63, 3.8) is 0 Å². The van der Waals surface area contributed by atoms with Gasteiger partial charge >= 0.3 is 6.18 Å². The molecule has 0 saturated heterocycles. The molecule has 0 radical (unpaired) electrons. The standard InChI is InChI=1S/C20H19F3N2O3/c1-13(26)25-9-8-15-10-16(4-7-18(15)25)19(27)24-11-14-2-5-17(6-3-14)28-12-20(21,22)23/h2-7,10H,8-9,11-12H2,1H3,(H,24,27). The minimum Gasteiger partial charge on any atom is -0.484 e. The molecule has 0 bridgehead atoms. The fourth-order valence-electron chi connectivity index (χ4n) is 3.02. The maximum Gasteiger partial charge on any atom is 0.422 e. The van der Waals surface area contributed by atoms with Gasteiger partial charge in [0, 0.05) is 31.3 Å². The number of hydrogen-bond donors (Lipinski definition) is 1. The van der Waals surface area contributed by atoms with Gasteiger partial charge < -0.3 is 15.0 Å². The molecule has 148 valence electrons. The molecule has 28 heavy (non-hydrogen) atoms. The summed E-state index contributed by atoms with van der Waals surface area (Å²) in [5, 5.41) is 2.78. The Morgan fingerprint density at radius 1 is 1.14 bits per heavy atom. The Kier molecular flexibility index (Phi) is 5.58. The van der Waals surface area contributed by atoms with E-state index >= 15 is 0 Å². The van der Waals surface area contributed by atoms with Gasteiger partial charge in [0.25, 0.3) is 5.91 Å². The van der Waals surface area contributed by atoms with Gasteiger partial charge in [0.2, 0.25) is 5.91 Å². The number of hydrogen-bond acceptors (Lipinski definition) is 3. The van der Waals surface area contributed by atoms with Crippen LogP contribution in [0.25, 0.3) is 0 Å². The molecule has 2 aromatic carbocycles. The smallest absolute Gasteiger partial charge is 0.422 e. The van der Waals surface area contributed by atoms with Gasteiger partial charge in [0.1, 0.15) is 5.75 Å². The van der Waals surface area contributed by atoms with Crippen LogP contribution in [0.2, 0.25) is 0 Å². The lowest BCUT2D eigenvalue weighted by Gasteiger charge is -2.14. The summed E-state index contributed by atoms with van der Waals surface area (Å²) in [4.78, 5) is 25.6. The first-order valence-electron chi connectivity index (χ1n) is 8.71. The van der Waals surface area contributed by atoms with Crippen LogP contribution in [0.1, 0.15) is 28.4 Å². The van der Waals surface area contributed by atoms with E-state index < -0.39 is 12.8 Å². The second-order valence-electron chi connectivity index (χ2n) is 6.49.